The van der Waals surface area contributed by atoms with E-state index < -0.39 is 6.04 Å². The zero-order chi connectivity index (χ0) is 18.0. The van der Waals surface area contributed by atoms with E-state index in [-0.39, 0.29) is 16.2 Å². The van der Waals surface area contributed by atoms with E-state index in [4.69, 9.17) is 12.2 Å². The van der Waals surface area contributed by atoms with Crippen molar-refractivity contribution < 1.29 is 4.79 Å². The maximum Gasteiger partial charge on any atom is 0.262 e. The third kappa shape index (κ3) is 3.53. The maximum absolute atomic E-state index is 12.7. The second-order valence-corrected chi connectivity index (χ2v) is 6.42. The van der Waals surface area contributed by atoms with Gasteiger partial charge in [0.05, 0.1) is 10.9 Å². The quantitative estimate of drug-likeness (QED) is 0.708. The van der Waals surface area contributed by atoms with Gasteiger partial charge in [0, 0.05) is 6.54 Å². The number of fused-ring (bicyclic) bond motifs is 1. The molecule has 0 saturated carbocycles. The fraction of sp³-hybridized carbons (Fsp3) is 0.211. The van der Waals surface area contributed by atoms with Crippen molar-refractivity contribution in [1.29, 1.82) is 0 Å². The normalized spacial score (nSPS) is 12.1. The standard InChI is InChI=1S/C19H19N3O2S/c1-12-7-9-14(10-8-12)11-20-17(23)13(2)22-18(24)15-5-3-4-6-16(15)21-19(22)25/h3-10,13H,11H2,1-2H3,(H,20,23)(H,21,25)/t13-/m0/s1. The number of aryl methyl sites for hydroxylation is 1. The minimum Gasteiger partial charge on any atom is -0.350 e. The Morgan fingerprint density at radius 3 is 2.60 bits per heavy atom. The molecule has 0 radical (unpaired) electrons. The maximum atomic E-state index is 12.7. The predicted octanol–water partition coefficient (Wildman–Crippen LogP) is 3.24. The molecule has 0 saturated heterocycles. The van der Waals surface area contributed by atoms with Gasteiger partial charge in [-0.1, -0.05) is 42.0 Å². The summed E-state index contributed by atoms with van der Waals surface area (Å²) in [5.41, 5.74) is 2.57. The fourth-order valence-electron chi connectivity index (χ4n) is 2.69. The number of rotatable bonds is 4. The zero-order valence-electron chi connectivity index (χ0n) is 14.1. The van der Waals surface area contributed by atoms with Crippen LogP contribution in [0.2, 0.25) is 0 Å². The third-order valence-corrected chi connectivity index (χ3v) is 4.49. The number of amides is 1. The molecule has 2 aromatic carbocycles. The van der Waals surface area contributed by atoms with Crippen LogP contribution in [-0.4, -0.2) is 15.5 Å². The smallest absolute Gasteiger partial charge is 0.262 e. The molecule has 0 aliphatic heterocycles. The van der Waals surface area contributed by atoms with Crippen LogP contribution in [0.3, 0.4) is 0 Å². The molecule has 0 unspecified atom stereocenters. The lowest BCUT2D eigenvalue weighted by Gasteiger charge is -2.16. The van der Waals surface area contributed by atoms with Crippen LogP contribution >= 0.6 is 12.2 Å². The highest BCUT2D eigenvalue weighted by Crippen LogP contribution is 2.10. The van der Waals surface area contributed by atoms with Gasteiger partial charge in [0.15, 0.2) is 4.77 Å². The topological polar surface area (TPSA) is 66.9 Å². The first-order valence-electron chi connectivity index (χ1n) is 8.04. The minimum atomic E-state index is -0.702. The summed E-state index contributed by atoms with van der Waals surface area (Å²) in [4.78, 5) is 28.2. The predicted molar refractivity (Wildman–Crippen MR) is 101 cm³/mol. The van der Waals surface area contributed by atoms with Crippen LogP contribution in [0.15, 0.2) is 53.3 Å². The first-order valence-corrected chi connectivity index (χ1v) is 8.45. The number of nitrogens with zero attached hydrogens (tertiary/aromatic N) is 1. The molecule has 6 heteroatoms. The monoisotopic (exact) mass is 353 g/mol. The Balaban J connectivity index is 1.85. The molecule has 3 aromatic rings. The molecule has 1 aromatic heterocycles. The van der Waals surface area contributed by atoms with Gasteiger partial charge < -0.3 is 10.3 Å². The number of nitrogens with one attached hydrogen (secondary N) is 2. The van der Waals surface area contributed by atoms with Crippen molar-refractivity contribution in [2.45, 2.75) is 26.4 Å². The van der Waals surface area contributed by atoms with Crippen molar-refractivity contribution in [2.75, 3.05) is 0 Å². The van der Waals surface area contributed by atoms with Crippen LogP contribution in [0.1, 0.15) is 24.1 Å². The van der Waals surface area contributed by atoms with Gasteiger partial charge in [-0.25, -0.2) is 0 Å². The van der Waals surface area contributed by atoms with E-state index in [9.17, 15) is 9.59 Å². The van der Waals surface area contributed by atoms with Crippen LogP contribution in [0, 0.1) is 11.7 Å². The SMILES string of the molecule is Cc1ccc(CNC(=O)[C@H](C)n2c(=S)[nH]c3ccccc3c2=O)cc1. The summed E-state index contributed by atoms with van der Waals surface area (Å²) in [6.45, 7) is 4.09. The number of aromatic amines is 1. The fourth-order valence-corrected chi connectivity index (χ4v) is 3.04. The van der Waals surface area contributed by atoms with E-state index in [2.05, 4.69) is 10.3 Å². The Labute approximate surface area is 150 Å². The molecule has 0 fully saturated rings. The number of hydrogen-bond acceptors (Lipinski definition) is 3. The molecule has 1 amide bonds. The third-order valence-electron chi connectivity index (χ3n) is 4.19. The van der Waals surface area contributed by atoms with Crippen LogP contribution < -0.4 is 10.9 Å². The summed E-state index contributed by atoms with van der Waals surface area (Å²) >= 11 is 5.28. The summed E-state index contributed by atoms with van der Waals surface area (Å²) in [6.07, 6.45) is 0. The number of para-hydroxylation sites is 1. The van der Waals surface area contributed by atoms with Crippen LogP contribution in [-0.2, 0) is 11.3 Å². The Bertz CT molecular complexity index is 1030. The number of carbonyl (C=O) groups excluding carboxylic acids is 1. The lowest BCUT2D eigenvalue weighted by atomic mass is 10.1. The Morgan fingerprint density at radius 2 is 1.88 bits per heavy atom. The van der Waals surface area contributed by atoms with Gasteiger partial charge in [0.1, 0.15) is 6.04 Å². The number of carbonyl (C=O) groups is 1. The van der Waals surface area contributed by atoms with Gasteiger partial charge in [-0.05, 0) is 43.8 Å². The van der Waals surface area contributed by atoms with Crippen molar-refractivity contribution in [3.8, 4) is 0 Å². The lowest BCUT2D eigenvalue weighted by Crippen LogP contribution is -2.36. The van der Waals surface area contributed by atoms with E-state index in [1.54, 1.807) is 25.1 Å². The van der Waals surface area contributed by atoms with E-state index in [1.165, 1.54) is 4.57 Å². The minimum absolute atomic E-state index is 0.238. The van der Waals surface area contributed by atoms with Crippen molar-refractivity contribution in [3.05, 3.63) is 74.8 Å². The molecule has 0 aliphatic carbocycles. The molecule has 0 aliphatic rings. The van der Waals surface area contributed by atoms with E-state index >= 15 is 0 Å². The highest BCUT2D eigenvalue weighted by molar-refractivity contribution is 7.71. The average molecular weight is 353 g/mol. The molecular weight excluding hydrogens is 334 g/mol. The summed E-state index contributed by atoms with van der Waals surface area (Å²) < 4.78 is 1.56. The van der Waals surface area contributed by atoms with Gasteiger partial charge in [0.2, 0.25) is 5.91 Å². The Kier molecular flexibility index (Phi) is 4.81. The molecule has 1 atom stereocenters. The van der Waals surface area contributed by atoms with Crippen molar-refractivity contribution >= 4 is 29.0 Å². The van der Waals surface area contributed by atoms with E-state index in [1.807, 2.05) is 37.3 Å². The zero-order valence-corrected chi connectivity index (χ0v) is 14.9. The summed E-state index contributed by atoms with van der Waals surface area (Å²) in [6, 6.07) is 14.3. The van der Waals surface area contributed by atoms with E-state index in [0.717, 1.165) is 11.1 Å². The van der Waals surface area contributed by atoms with Gasteiger partial charge in [-0.15, -0.1) is 0 Å². The molecule has 25 heavy (non-hydrogen) atoms. The molecule has 1 heterocycles. The lowest BCUT2D eigenvalue weighted by molar-refractivity contribution is -0.124. The second-order valence-electron chi connectivity index (χ2n) is 6.03. The van der Waals surface area contributed by atoms with Gasteiger partial charge in [-0.2, -0.15) is 0 Å². The van der Waals surface area contributed by atoms with Gasteiger partial charge >= 0.3 is 0 Å². The highest BCUT2D eigenvalue weighted by Gasteiger charge is 2.18. The van der Waals surface area contributed by atoms with Crippen LogP contribution in [0.25, 0.3) is 10.9 Å². The Hall–Kier alpha value is -2.73. The molecule has 0 bridgehead atoms. The molecule has 2 N–H and O–H groups in total. The van der Waals surface area contributed by atoms with Crippen molar-refractivity contribution in [1.82, 2.24) is 14.9 Å². The second kappa shape index (κ2) is 7.03. The molecule has 0 spiro atoms. The number of hydrogen-bond donors (Lipinski definition) is 2. The van der Waals surface area contributed by atoms with Crippen LogP contribution in [0.4, 0.5) is 0 Å². The summed E-state index contributed by atoms with van der Waals surface area (Å²) in [5, 5.41) is 3.37. The molecule has 128 valence electrons. The highest BCUT2D eigenvalue weighted by atomic mass is 32.1. The average Bonchev–Trinajstić information content (AvgIpc) is 2.61. The largest absolute Gasteiger partial charge is 0.350 e. The number of aromatic nitrogens is 2. The van der Waals surface area contributed by atoms with Gasteiger partial charge in [0.25, 0.3) is 5.56 Å². The number of benzene rings is 2. The summed E-state index contributed by atoms with van der Waals surface area (Å²) in [7, 11) is 0. The first kappa shape index (κ1) is 17.1. The van der Waals surface area contributed by atoms with Crippen molar-refractivity contribution in [3.63, 3.8) is 0 Å². The summed E-state index contributed by atoms with van der Waals surface area (Å²) in [5.74, 6) is -0.252. The van der Waals surface area contributed by atoms with Crippen molar-refractivity contribution in [2.24, 2.45) is 0 Å². The van der Waals surface area contributed by atoms with E-state index in [0.29, 0.717) is 17.4 Å². The molecule has 3 rings (SSSR count). The molecule has 5 nitrogen and oxygen atoms in total. The Morgan fingerprint density at radius 1 is 1.20 bits per heavy atom. The number of H-pyrrole nitrogens is 1. The van der Waals surface area contributed by atoms with Crippen LogP contribution in [0.5, 0.6) is 0 Å². The first-order chi connectivity index (χ1) is 12.0. The van der Waals surface area contributed by atoms with Gasteiger partial charge in [-0.3, -0.25) is 14.2 Å². The molecular formula is C19H19N3O2S.